The number of hydrogen-bond donors (Lipinski definition) is 2. The minimum absolute atomic E-state index is 0.0938. The van der Waals surface area contributed by atoms with Gasteiger partial charge in [-0.2, -0.15) is 0 Å². The molecule has 42 heavy (non-hydrogen) atoms. The third-order valence-electron chi connectivity index (χ3n) is 9.57. The summed E-state index contributed by atoms with van der Waals surface area (Å²) in [6, 6.07) is 26.3. The lowest BCUT2D eigenvalue weighted by Gasteiger charge is -2.33. The molecule has 6 rings (SSSR count). The normalized spacial score (nSPS) is 25.2. The van der Waals surface area contributed by atoms with Gasteiger partial charge in [0.1, 0.15) is 12.1 Å². The van der Waals surface area contributed by atoms with Crippen molar-refractivity contribution in [3.63, 3.8) is 0 Å². The molecule has 3 atom stereocenters. The molecule has 218 valence electrons. The second kappa shape index (κ2) is 10.9. The van der Waals surface area contributed by atoms with E-state index in [1.165, 1.54) is 0 Å². The van der Waals surface area contributed by atoms with Crippen molar-refractivity contribution in [1.29, 1.82) is 0 Å². The maximum atomic E-state index is 14.2. The highest BCUT2D eigenvalue weighted by molar-refractivity contribution is 5.92. The van der Waals surface area contributed by atoms with E-state index in [-0.39, 0.29) is 30.9 Å². The van der Waals surface area contributed by atoms with Crippen molar-refractivity contribution in [1.82, 2.24) is 15.1 Å². The molecular formula is C34H37N3O5. The zero-order valence-corrected chi connectivity index (χ0v) is 24.1. The lowest BCUT2D eigenvalue weighted by Crippen LogP contribution is -2.61. The zero-order chi connectivity index (χ0) is 29.5. The van der Waals surface area contributed by atoms with Gasteiger partial charge in [0.05, 0.1) is 5.41 Å². The van der Waals surface area contributed by atoms with E-state index in [0.29, 0.717) is 32.6 Å². The molecule has 3 aromatic carbocycles. The van der Waals surface area contributed by atoms with Crippen LogP contribution < -0.4 is 5.32 Å². The van der Waals surface area contributed by atoms with E-state index in [1.54, 1.807) is 11.8 Å². The maximum Gasteiger partial charge on any atom is 0.408 e. The number of rotatable bonds is 7. The van der Waals surface area contributed by atoms with Crippen LogP contribution in [0.2, 0.25) is 0 Å². The summed E-state index contributed by atoms with van der Waals surface area (Å²) in [6.45, 7) is 5.72. The van der Waals surface area contributed by atoms with E-state index >= 15 is 0 Å². The molecular weight excluding hydrogens is 530 g/mol. The number of hydrogen-bond acceptors (Lipinski definition) is 5. The largest absolute Gasteiger partial charge is 0.481 e. The Hall–Kier alpha value is -4.17. The molecule has 8 heteroatoms. The molecule has 3 aliphatic rings. The van der Waals surface area contributed by atoms with Crippen molar-refractivity contribution in [3.8, 4) is 11.1 Å². The van der Waals surface area contributed by atoms with E-state index < -0.39 is 23.0 Å². The number of alkyl carbamates (subject to hydrolysis) is 1. The Balaban J connectivity index is 1.21. The summed E-state index contributed by atoms with van der Waals surface area (Å²) in [7, 11) is 0. The highest BCUT2D eigenvalue weighted by Gasteiger charge is 2.54. The minimum Gasteiger partial charge on any atom is -0.481 e. The minimum atomic E-state index is -1.21. The number of ether oxygens (including phenoxy) is 1. The lowest BCUT2D eigenvalue weighted by atomic mass is 9.81. The summed E-state index contributed by atoms with van der Waals surface area (Å²) in [6.07, 6.45) is -0.225. The summed E-state index contributed by atoms with van der Waals surface area (Å²) < 4.78 is 5.86. The second-order valence-corrected chi connectivity index (χ2v) is 12.3. The Bertz CT molecular complexity index is 1460. The van der Waals surface area contributed by atoms with Crippen molar-refractivity contribution < 1.29 is 24.2 Å². The summed E-state index contributed by atoms with van der Waals surface area (Å²) in [5.41, 5.74) is 3.40. The van der Waals surface area contributed by atoms with Crippen LogP contribution in [-0.4, -0.2) is 71.2 Å². The van der Waals surface area contributed by atoms with E-state index in [0.717, 1.165) is 27.8 Å². The summed E-state index contributed by atoms with van der Waals surface area (Å²) >= 11 is 0. The number of carbonyl (C=O) groups is 3. The van der Waals surface area contributed by atoms with Gasteiger partial charge in [0.15, 0.2) is 0 Å². The molecule has 3 unspecified atom stereocenters. The fourth-order valence-electron chi connectivity index (χ4n) is 6.91. The number of benzene rings is 3. The van der Waals surface area contributed by atoms with Crippen LogP contribution in [0.15, 0.2) is 78.9 Å². The topological polar surface area (TPSA) is 99.2 Å². The molecule has 0 spiro atoms. The SMILES string of the molecule is CC1CN(C(=O)C2(NC(=O)OCC3c4ccccc4-c4ccccc43)CCN(Cc3ccccc3)C2)CC1(C)C(=O)O. The first-order valence-electron chi connectivity index (χ1n) is 14.6. The van der Waals surface area contributed by atoms with Gasteiger partial charge in [-0.25, -0.2) is 4.79 Å². The van der Waals surface area contributed by atoms with Crippen LogP contribution in [0.3, 0.4) is 0 Å². The Labute approximate surface area is 246 Å². The Kier molecular flexibility index (Phi) is 7.27. The van der Waals surface area contributed by atoms with E-state index in [2.05, 4.69) is 34.5 Å². The van der Waals surface area contributed by atoms with E-state index in [1.807, 2.05) is 61.5 Å². The average Bonchev–Trinajstić information content (AvgIpc) is 3.64. The van der Waals surface area contributed by atoms with Crippen LogP contribution in [0.1, 0.15) is 42.9 Å². The third-order valence-corrected chi connectivity index (χ3v) is 9.57. The van der Waals surface area contributed by atoms with Crippen molar-refractivity contribution in [2.45, 2.75) is 38.3 Å². The van der Waals surface area contributed by atoms with Gasteiger partial charge < -0.3 is 20.1 Å². The highest BCUT2D eigenvalue weighted by Crippen LogP contribution is 2.44. The number of carboxylic acids is 1. The third kappa shape index (κ3) is 4.94. The number of carbonyl (C=O) groups excluding carboxylic acids is 2. The Morgan fingerprint density at radius 1 is 0.929 bits per heavy atom. The fraction of sp³-hybridized carbons (Fsp3) is 0.382. The fourth-order valence-corrected chi connectivity index (χ4v) is 6.91. The first-order chi connectivity index (χ1) is 20.2. The quantitative estimate of drug-likeness (QED) is 0.428. The first-order valence-corrected chi connectivity index (χ1v) is 14.6. The molecule has 2 aliphatic heterocycles. The number of carboxylic acid groups (broad SMARTS) is 1. The molecule has 2 N–H and O–H groups in total. The monoisotopic (exact) mass is 567 g/mol. The number of likely N-dealkylation sites (tertiary alicyclic amines) is 2. The van der Waals surface area contributed by atoms with Crippen LogP contribution in [0.25, 0.3) is 11.1 Å². The molecule has 2 saturated heterocycles. The molecule has 2 heterocycles. The lowest BCUT2D eigenvalue weighted by molar-refractivity contribution is -0.149. The van der Waals surface area contributed by atoms with Gasteiger partial charge in [-0.3, -0.25) is 14.5 Å². The van der Waals surface area contributed by atoms with Crippen LogP contribution in [0.4, 0.5) is 4.79 Å². The van der Waals surface area contributed by atoms with Crippen molar-refractivity contribution in [2.75, 3.05) is 32.8 Å². The second-order valence-electron chi connectivity index (χ2n) is 12.3. The molecule has 0 bridgehead atoms. The van der Waals surface area contributed by atoms with Crippen molar-refractivity contribution in [2.24, 2.45) is 11.3 Å². The molecule has 3 aromatic rings. The van der Waals surface area contributed by atoms with Crippen molar-refractivity contribution in [3.05, 3.63) is 95.6 Å². The van der Waals surface area contributed by atoms with Crippen LogP contribution in [0.5, 0.6) is 0 Å². The van der Waals surface area contributed by atoms with Gasteiger partial charge in [0.2, 0.25) is 5.91 Å². The van der Waals surface area contributed by atoms with Crippen LogP contribution in [-0.2, 0) is 20.9 Å². The number of aliphatic carboxylic acids is 1. The summed E-state index contributed by atoms with van der Waals surface area (Å²) in [5.74, 6) is -1.47. The standard InChI is InChI=1S/C34H37N3O5/c1-23-18-37(21-33(23,2)31(39)40)30(38)34(16-17-36(22-34)19-24-10-4-3-5-11-24)35-32(41)42-20-29-27-14-8-6-12-25(27)26-13-7-9-15-28(26)29/h3-15,23,29H,16-22H2,1-2H3,(H,35,41)(H,39,40). The van der Waals surface area contributed by atoms with Gasteiger partial charge in [-0.1, -0.05) is 85.8 Å². The molecule has 2 fully saturated rings. The van der Waals surface area contributed by atoms with Crippen LogP contribution in [0, 0.1) is 11.3 Å². The molecule has 0 saturated carbocycles. The Morgan fingerprint density at radius 3 is 2.17 bits per heavy atom. The maximum absolute atomic E-state index is 14.2. The van der Waals surface area contributed by atoms with E-state index in [4.69, 9.17) is 4.74 Å². The Morgan fingerprint density at radius 2 is 1.55 bits per heavy atom. The van der Waals surface area contributed by atoms with Gasteiger partial charge in [-0.15, -0.1) is 0 Å². The predicted molar refractivity (Wildman–Crippen MR) is 159 cm³/mol. The van der Waals surface area contributed by atoms with Crippen LogP contribution >= 0.6 is 0 Å². The van der Waals surface area contributed by atoms with Gasteiger partial charge >= 0.3 is 12.1 Å². The predicted octanol–water partition coefficient (Wildman–Crippen LogP) is 4.74. The zero-order valence-electron chi connectivity index (χ0n) is 24.1. The highest BCUT2D eigenvalue weighted by atomic mass is 16.5. The molecule has 1 aliphatic carbocycles. The smallest absolute Gasteiger partial charge is 0.408 e. The number of fused-ring (bicyclic) bond motifs is 3. The number of nitrogens with one attached hydrogen (secondary N) is 1. The number of amides is 2. The first kappa shape index (κ1) is 28.0. The molecule has 2 amide bonds. The molecule has 0 radical (unpaired) electrons. The van der Waals surface area contributed by atoms with Gasteiger partial charge in [-0.05, 0) is 47.1 Å². The van der Waals surface area contributed by atoms with Gasteiger partial charge in [0.25, 0.3) is 0 Å². The molecule has 8 nitrogen and oxygen atoms in total. The molecule has 0 aromatic heterocycles. The van der Waals surface area contributed by atoms with E-state index in [9.17, 15) is 19.5 Å². The summed E-state index contributed by atoms with van der Waals surface area (Å²) in [5, 5.41) is 12.9. The van der Waals surface area contributed by atoms with Gasteiger partial charge in [0, 0.05) is 38.6 Å². The summed E-state index contributed by atoms with van der Waals surface area (Å²) in [4.78, 5) is 43.5. The average molecular weight is 568 g/mol. The number of nitrogens with zero attached hydrogens (tertiary/aromatic N) is 2. The van der Waals surface area contributed by atoms with Crippen molar-refractivity contribution >= 4 is 18.0 Å².